The number of carbonyl (C=O) groups is 2. The average molecular weight is 535 g/mol. The molecule has 1 heterocycles. The van der Waals surface area contributed by atoms with Gasteiger partial charge in [0.25, 0.3) is 5.78 Å². The first-order valence-electron chi connectivity index (χ1n) is 11.0. The average Bonchev–Trinajstić information content (AvgIpc) is 3.18. The Morgan fingerprint density at radius 3 is 2.70 bits per heavy atom. The minimum Gasteiger partial charge on any atom is -0.492 e. The Bertz CT molecular complexity index is 1270. The number of halogens is 4. The lowest BCUT2D eigenvalue weighted by Crippen LogP contribution is -2.25. The minimum atomic E-state index is -5.23. The molecule has 0 atom stereocenters. The molecule has 194 valence electrons. The molecule has 0 aliphatic heterocycles. The zero-order chi connectivity index (χ0) is 27.2. The van der Waals surface area contributed by atoms with E-state index < -0.39 is 34.8 Å². The number of hydrogen-bond donors (Lipinski definition) is 0. The van der Waals surface area contributed by atoms with Gasteiger partial charge in [-0.05, 0) is 25.1 Å². The van der Waals surface area contributed by atoms with E-state index in [1.165, 1.54) is 32.0 Å². The fraction of sp³-hybridized carbons (Fsp3) is 0.269. The second kappa shape index (κ2) is 11.8. The zero-order valence-corrected chi connectivity index (χ0v) is 20.9. The van der Waals surface area contributed by atoms with Crippen LogP contribution in [0, 0.1) is 12.1 Å². The molecule has 0 amide bonds. The monoisotopic (exact) mass is 534 g/mol. The third-order valence-electron chi connectivity index (χ3n) is 4.85. The Morgan fingerprint density at radius 1 is 1.32 bits per heavy atom. The molecule has 0 fully saturated rings. The third-order valence-corrected chi connectivity index (χ3v) is 5.19. The summed E-state index contributed by atoms with van der Waals surface area (Å²) in [6.45, 7) is 1.64. The normalized spacial score (nSPS) is 14.0. The molecule has 0 N–H and O–H groups in total. The largest absolute Gasteiger partial charge is 0.492 e. The van der Waals surface area contributed by atoms with E-state index in [9.17, 15) is 22.8 Å². The number of rotatable bonds is 9. The molecule has 0 saturated heterocycles. The van der Waals surface area contributed by atoms with Gasteiger partial charge in [-0.25, -0.2) is 4.79 Å². The van der Waals surface area contributed by atoms with Crippen LogP contribution in [0.1, 0.15) is 40.7 Å². The van der Waals surface area contributed by atoms with Gasteiger partial charge in [-0.15, -0.1) is 0 Å². The third kappa shape index (κ3) is 6.83. The molecule has 37 heavy (non-hydrogen) atoms. The number of hydrogen-bond acceptors (Lipinski definition) is 7. The first-order valence-corrected chi connectivity index (χ1v) is 11.3. The van der Waals surface area contributed by atoms with Gasteiger partial charge in [0.1, 0.15) is 23.6 Å². The van der Waals surface area contributed by atoms with E-state index in [2.05, 4.69) is 17.3 Å². The van der Waals surface area contributed by atoms with Crippen molar-refractivity contribution in [2.45, 2.75) is 26.1 Å². The zero-order valence-electron chi connectivity index (χ0n) is 20.1. The summed E-state index contributed by atoms with van der Waals surface area (Å²) < 4.78 is 56.1. The number of esters is 1. The van der Waals surface area contributed by atoms with E-state index in [0.29, 0.717) is 5.76 Å². The number of ether oxygens (including phenoxy) is 2. The van der Waals surface area contributed by atoms with Gasteiger partial charge in [0, 0.05) is 42.9 Å². The number of allylic oxidation sites excluding steroid dienone is 6. The van der Waals surface area contributed by atoms with Crippen molar-refractivity contribution in [3.63, 3.8) is 0 Å². The highest BCUT2D eigenvalue weighted by Crippen LogP contribution is 2.37. The molecule has 0 bridgehead atoms. The lowest BCUT2D eigenvalue weighted by Gasteiger charge is -2.12. The standard InChI is InChI=1S/C26H22ClF3N2O5/c1-4-35-25(34)21-22(31-37-23(21)19(14-32(2)3)24(33)26(28,29)30)18-12-8-11-17(13-20(18)27)36-15-16-9-6-5-7-10-16/h5-6,8-9,11-12,14H,4,13,15H2,1-3H3/b19-14-. The van der Waals surface area contributed by atoms with E-state index in [0.717, 1.165) is 11.8 Å². The van der Waals surface area contributed by atoms with Gasteiger partial charge in [-0.2, -0.15) is 13.2 Å². The number of alkyl halides is 3. The van der Waals surface area contributed by atoms with Crippen LogP contribution in [0.15, 0.2) is 57.9 Å². The van der Waals surface area contributed by atoms with Crippen LogP contribution in [-0.2, 0) is 20.9 Å². The number of aromatic nitrogens is 1. The molecule has 0 radical (unpaired) electrons. The summed E-state index contributed by atoms with van der Waals surface area (Å²) >= 11 is 6.55. The Hall–Kier alpha value is -3.97. The van der Waals surface area contributed by atoms with E-state index >= 15 is 0 Å². The predicted molar refractivity (Wildman–Crippen MR) is 129 cm³/mol. The van der Waals surface area contributed by atoms with Crippen LogP contribution in [0.4, 0.5) is 13.2 Å². The van der Waals surface area contributed by atoms with Crippen molar-refractivity contribution >= 4 is 34.5 Å². The van der Waals surface area contributed by atoms with Gasteiger partial charge >= 0.3 is 12.1 Å². The van der Waals surface area contributed by atoms with Gasteiger partial charge in [-0.3, -0.25) is 4.79 Å². The van der Waals surface area contributed by atoms with Crippen molar-refractivity contribution in [3.05, 3.63) is 88.1 Å². The number of Topliss-reactive ketones (excluding diaryl/α,β-unsaturated/α-hetero) is 1. The van der Waals surface area contributed by atoms with Gasteiger partial charge in [-0.1, -0.05) is 47.1 Å². The first-order chi connectivity index (χ1) is 17.5. The van der Waals surface area contributed by atoms with Crippen molar-refractivity contribution in [1.29, 1.82) is 0 Å². The molecule has 0 spiro atoms. The van der Waals surface area contributed by atoms with E-state index in [-0.39, 0.29) is 35.9 Å². The van der Waals surface area contributed by atoms with Gasteiger partial charge < -0.3 is 18.9 Å². The minimum absolute atomic E-state index is 0.0844. The quantitative estimate of drug-likeness (QED) is 0.310. The summed E-state index contributed by atoms with van der Waals surface area (Å²) in [5.41, 5.74) is -0.583. The number of carbonyl (C=O) groups excluding carboxylic acids is 2. The van der Waals surface area contributed by atoms with Crippen LogP contribution in [0.5, 0.6) is 0 Å². The van der Waals surface area contributed by atoms with Crippen LogP contribution >= 0.6 is 11.6 Å². The topological polar surface area (TPSA) is 81.9 Å². The molecule has 1 aliphatic rings. The van der Waals surface area contributed by atoms with Crippen LogP contribution in [0.3, 0.4) is 0 Å². The highest BCUT2D eigenvalue weighted by molar-refractivity contribution is 6.33. The molecular formula is C26H22ClF3N2O5. The molecule has 11 heteroatoms. The van der Waals surface area contributed by atoms with Gasteiger partial charge in [0.2, 0.25) is 0 Å². The summed E-state index contributed by atoms with van der Waals surface area (Å²) in [5, 5.41) is 4.00. The maximum Gasteiger partial charge on any atom is 0.455 e. The molecule has 3 rings (SSSR count). The van der Waals surface area contributed by atoms with Crippen molar-refractivity contribution in [2.24, 2.45) is 0 Å². The van der Waals surface area contributed by atoms with Crippen LogP contribution in [-0.4, -0.2) is 48.7 Å². The van der Waals surface area contributed by atoms with Gasteiger partial charge in [0.05, 0.1) is 12.2 Å². The fourth-order valence-electron chi connectivity index (χ4n) is 3.28. The van der Waals surface area contributed by atoms with Crippen LogP contribution < -0.4 is 0 Å². The lowest BCUT2D eigenvalue weighted by atomic mass is 9.99. The molecule has 7 nitrogen and oxygen atoms in total. The van der Waals surface area contributed by atoms with E-state index in [1.54, 1.807) is 24.3 Å². The second-order valence-electron chi connectivity index (χ2n) is 7.89. The Kier molecular flexibility index (Phi) is 8.84. The molecule has 0 unspecified atom stereocenters. The number of ketones is 1. The molecule has 1 aliphatic carbocycles. The molecular weight excluding hydrogens is 513 g/mol. The summed E-state index contributed by atoms with van der Waals surface area (Å²) in [6.07, 6.45) is 0.496. The Balaban J connectivity index is 2.03. The molecule has 2 aromatic rings. The molecule has 1 aromatic carbocycles. The fourth-order valence-corrected chi connectivity index (χ4v) is 3.56. The van der Waals surface area contributed by atoms with E-state index in [4.69, 9.17) is 25.6 Å². The molecule has 0 saturated carbocycles. The highest BCUT2D eigenvalue weighted by atomic mass is 35.5. The summed E-state index contributed by atoms with van der Waals surface area (Å²) in [7, 11) is 2.83. The Morgan fingerprint density at radius 2 is 2.08 bits per heavy atom. The van der Waals surface area contributed by atoms with Crippen molar-refractivity contribution in [1.82, 2.24) is 10.1 Å². The lowest BCUT2D eigenvalue weighted by molar-refractivity contribution is -0.164. The first kappa shape index (κ1) is 27.6. The summed E-state index contributed by atoms with van der Waals surface area (Å²) in [4.78, 5) is 26.3. The maximum absolute atomic E-state index is 13.4. The van der Waals surface area contributed by atoms with Gasteiger partial charge in [0.15, 0.2) is 5.76 Å². The van der Waals surface area contributed by atoms with Crippen molar-refractivity contribution in [2.75, 3.05) is 20.7 Å². The maximum atomic E-state index is 13.4. The predicted octanol–water partition coefficient (Wildman–Crippen LogP) is 5.50. The summed E-state index contributed by atoms with van der Waals surface area (Å²) in [6, 6.07) is 11.1. The van der Waals surface area contributed by atoms with E-state index in [1.807, 2.05) is 6.07 Å². The van der Waals surface area contributed by atoms with Crippen molar-refractivity contribution < 1.29 is 36.8 Å². The Labute approximate surface area is 216 Å². The SMILES string of the molecule is CCOC(=O)c1c(C2=C(Cl)CC(OCc3c#cccc3)=CC=C2)noc1/C(=C/N(C)C)C(=O)C(F)(F)F. The second-order valence-corrected chi connectivity index (χ2v) is 8.34. The van der Waals surface area contributed by atoms with Crippen LogP contribution in [0.25, 0.3) is 11.1 Å². The number of nitrogens with zero attached hydrogens (tertiary/aromatic N) is 2. The molecule has 1 aromatic heterocycles. The smallest absolute Gasteiger partial charge is 0.455 e. The highest BCUT2D eigenvalue weighted by Gasteiger charge is 2.44. The summed E-state index contributed by atoms with van der Waals surface area (Å²) in [5.74, 6) is -3.43. The van der Waals surface area contributed by atoms with Crippen LogP contribution in [0.2, 0.25) is 0 Å². The van der Waals surface area contributed by atoms with Crippen molar-refractivity contribution in [3.8, 4) is 0 Å².